The smallest absolute Gasteiger partial charge is 0.410 e. The van der Waals surface area contributed by atoms with Gasteiger partial charge in [-0.2, -0.15) is 0 Å². The van der Waals surface area contributed by atoms with E-state index in [1.807, 2.05) is 49.9 Å². The summed E-state index contributed by atoms with van der Waals surface area (Å²) >= 11 is 5.95. The van der Waals surface area contributed by atoms with Gasteiger partial charge in [0.2, 0.25) is 0 Å². The molecule has 1 aromatic rings. The Hall–Kier alpha value is -1.95. The summed E-state index contributed by atoms with van der Waals surface area (Å²) < 4.78 is 10.8. The van der Waals surface area contributed by atoms with Crippen LogP contribution in [-0.2, 0) is 15.9 Å². The maximum Gasteiger partial charge on any atom is 0.410 e. The number of nitrogens with zero attached hydrogens (tertiary/aromatic N) is 2. The lowest BCUT2D eigenvalue weighted by Crippen LogP contribution is -2.50. The van der Waals surface area contributed by atoms with Gasteiger partial charge in [-0.05, 0) is 57.7 Å². The Morgan fingerprint density at radius 3 is 2.44 bits per heavy atom. The number of carbonyl (C=O) groups excluding carboxylic acids is 2. The van der Waals surface area contributed by atoms with E-state index in [1.54, 1.807) is 4.90 Å². The zero-order valence-corrected chi connectivity index (χ0v) is 16.9. The first kappa shape index (κ1) is 19.8. The van der Waals surface area contributed by atoms with Crippen molar-refractivity contribution >= 4 is 23.8 Å². The average molecular weight is 395 g/mol. The molecule has 148 valence electrons. The van der Waals surface area contributed by atoms with Crippen molar-refractivity contribution in [2.45, 2.75) is 57.7 Å². The number of hydrogen-bond acceptors (Lipinski definition) is 4. The van der Waals surface area contributed by atoms with Crippen LogP contribution in [0.5, 0.6) is 0 Å². The minimum atomic E-state index is -0.504. The summed E-state index contributed by atoms with van der Waals surface area (Å²) in [6.07, 6.45) is 1.64. The Kier molecular flexibility index (Phi) is 5.84. The van der Waals surface area contributed by atoms with Crippen LogP contribution in [0, 0.1) is 0 Å². The molecular formula is C20H27ClN2O4. The number of halogens is 1. The molecule has 1 atom stereocenters. The topological polar surface area (TPSA) is 59.1 Å². The lowest BCUT2D eigenvalue weighted by molar-refractivity contribution is 0.0157. The van der Waals surface area contributed by atoms with Crippen LogP contribution in [0.25, 0.3) is 0 Å². The van der Waals surface area contributed by atoms with Gasteiger partial charge in [0.25, 0.3) is 0 Å². The van der Waals surface area contributed by atoms with E-state index in [1.165, 1.54) is 0 Å². The van der Waals surface area contributed by atoms with Gasteiger partial charge in [-0.15, -0.1) is 0 Å². The number of rotatable bonds is 3. The summed E-state index contributed by atoms with van der Waals surface area (Å²) in [5.41, 5.74) is 0.620. The third kappa shape index (κ3) is 5.06. The zero-order chi connectivity index (χ0) is 19.6. The fraction of sp³-hybridized carbons (Fsp3) is 0.600. The van der Waals surface area contributed by atoms with Crippen molar-refractivity contribution in [1.82, 2.24) is 9.80 Å². The highest BCUT2D eigenvalue weighted by Crippen LogP contribution is 2.27. The van der Waals surface area contributed by atoms with E-state index in [9.17, 15) is 9.59 Å². The molecule has 2 saturated heterocycles. The first-order valence-corrected chi connectivity index (χ1v) is 9.78. The third-order valence-electron chi connectivity index (χ3n) is 4.90. The molecule has 2 amide bonds. The molecule has 1 aromatic carbocycles. The Morgan fingerprint density at radius 1 is 1.22 bits per heavy atom. The summed E-state index contributed by atoms with van der Waals surface area (Å²) in [5.74, 6) is 0. The van der Waals surface area contributed by atoms with Gasteiger partial charge in [0, 0.05) is 24.2 Å². The molecule has 0 saturated carbocycles. The first-order valence-electron chi connectivity index (χ1n) is 9.40. The van der Waals surface area contributed by atoms with E-state index in [0.717, 1.165) is 24.8 Å². The highest BCUT2D eigenvalue weighted by molar-refractivity contribution is 6.30. The van der Waals surface area contributed by atoms with Crippen LogP contribution >= 0.6 is 11.6 Å². The normalized spacial score (nSPS) is 21.3. The fourth-order valence-electron chi connectivity index (χ4n) is 3.62. The van der Waals surface area contributed by atoms with E-state index >= 15 is 0 Å². The van der Waals surface area contributed by atoms with Crippen molar-refractivity contribution in [3.05, 3.63) is 34.9 Å². The maximum absolute atomic E-state index is 12.3. The van der Waals surface area contributed by atoms with Crippen LogP contribution in [-0.4, -0.2) is 59.4 Å². The molecule has 0 bridgehead atoms. The fourth-order valence-corrected chi connectivity index (χ4v) is 3.75. The van der Waals surface area contributed by atoms with E-state index in [4.69, 9.17) is 21.1 Å². The van der Waals surface area contributed by atoms with E-state index in [2.05, 4.69) is 0 Å². The predicted octanol–water partition coefficient (Wildman–Crippen LogP) is 4.10. The second kappa shape index (κ2) is 7.97. The van der Waals surface area contributed by atoms with Crippen molar-refractivity contribution < 1.29 is 19.1 Å². The number of ether oxygens (including phenoxy) is 2. The summed E-state index contributed by atoms with van der Waals surface area (Å²) in [6.45, 7) is 7.14. The predicted molar refractivity (Wildman–Crippen MR) is 103 cm³/mol. The second-order valence-electron chi connectivity index (χ2n) is 8.17. The number of hydrogen-bond donors (Lipinski definition) is 0. The number of benzene rings is 1. The molecule has 6 nitrogen and oxygen atoms in total. The second-order valence-corrected chi connectivity index (χ2v) is 8.60. The monoisotopic (exact) mass is 394 g/mol. The molecule has 2 aliphatic rings. The minimum absolute atomic E-state index is 0.0109. The lowest BCUT2D eigenvalue weighted by atomic mass is 9.99. The van der Waals surface area contributed by atoms with E-state index < -0.39 is 5.60 Å². The molecule has 7 heteroatoms. The summed E-state index contributed by atoms with van der Waals surface area (Å²) in [7, 11) is 0. The van der Waals surface area contributed by atoms with Gasteiger partial charge in [-0.1, -0.05) is 23.7 Å². The highest BCUT2D eigenvalue weighted by Gasteiger charge is 2.40. The minimum Gasteiger partial charge on any atom is -0.447 e. The van der Waals surface area contributed by atoms with Crippen molar-refractivity contribution in [3.63, 3.8) is 0 Å². The zero-order valence-electron chi connectivity index (χ0n) is 16.1. The molecule has 2 aliphatic heterocycles. The number of likely N-dealkylation sites (tertiary alicyclic amines) is 1. The Bertz CT molecular complexity index is 678. The van der Waals surface area contributed by atoms with Crippen molar-refractivity contribution in [1.29, 1.82) is 0 Å². The van der Waals surface area contributed by atoms with Crippen LogP contribution in [0.15, 0.2) is 24.3 Å². The van der Waals surface area contributed by atoms with E-state index in [0.29, 0.717) is 24.7 Å². The van der Waals surface area contributed by atoms with Crippen LogP contribution in [0.4, 0.5) is 9.59 Å². The third-order valence-corrected chi connectivity index (χ3v) is 5.15. The van der Waals surface area contributed by atoms with Crippen LogP contribution in [0.2, 0.25) is 5.02 Å². The van der Waals surface area contributed by atoms with Gasteiger partial charge < -0.3 is 14.4 Å². The summed E-state index contributed by atoms with van der Waals surface area (Å²) in [4.78, 5) is 28.1. The molecule has 2 heterocycles. The summed E-state index contributed by atoms with van der Waals surface area (Å²) in [5, 5.41) is 0.698. The largest absolute Gasteiger partial charge is 0.447 e. The van der Waals surface area contributed by atoms with Crippen molar-refractivity contribution in [2.75, 3.05) is 19.7 Å². The molecular weight excluding hydrogens is 368 g/mol. The van der Waals surface area contributed by atoms with E-state index in [-0.39, 0.29) is 24.3 Å². The molecule has 2 fully saturated rings. The highest BCUT2D eigenvalue weighted by atomic mass is 35.5. The molecule has 3 rings (SSSR count). The Morgan fingerprint density at radius 2 is 1.85 bits per heavy atom. The number of piperidine rings is 1. The molecule has 0 spiro atoms. The standard InChI is InChI=1S/C20H27ClN2O4/c1-20(2,3)27-18(24)22-10-8-16(9-11-22)23-17(13-26-19(23)25)12-14-4-6-15(21)7-5-14/h4-7,16-17H,8-13H2,1-3H3. The van der Waals surface area contributed by atoms with Gasteiger partial charge >= 0.3 is 12.2 Å². The lowest BCUT2D eigenvalue weighted by Gasteiger charge is -2.38. The summed E-state index contributed by atoms with van der Waals surface area (Å²) in [6, 6.07) is 7.77. The van der Waals surface area contributed by atoms with Crippen LogP contribution < -0.4 is 0 Å². The van der Waals surface area contributed by atoms with Gasteiger partial charge in [0.1, 0.15) is 12.2 Å². The van der Waals surface area contributed by atoms with Gasteiger partial charge in [0.05, 0.1) is 6.04 Å². The number of amides is 2. The Labute approximate surface area is 165 Å². The number of cyclic esters (lactones) is 1. The molecule has 1 unspecified atom stereocenters. The van der Waals surface area contributed by atoms with Gasteiger partial charge in [-0.3, -0.25) is 4.90 Å². The molecule has 0 N–H and O–H groups in total. The van der Waals surface area contributed by atoms with Gasteiger partial charge in [0.15, 0.2) is 0 Å². The van der Waals surface area contributed by atoms with Crippen molar-refractivity contribution in [3.8, 4) is 0 Å². The SMILES string of the molecule is CC(C)(C)OC(=O)N1CCC(N2C(=O)OCC2Cc2ccc(Cl)cc2)CC1. The molecule has 0 aliphatic carbocycles. The Balaban J connectivity index is 1.59. The first-order chi connectivity index (χ1) is 12.7. The quantitative estimate of drug-likeness (QED) is 0.774. The average Bonchev–Trinajstić information content (AvgIpc) is 2.96. The maximum atomic E-state index is 12.3. The number of carbonyl (C=O) groups is 2. The molecule has 0 radical (unpaired) electrons. The molecule has 27 heavy (non-hydrogen) atoms. The van der Waals surface area contributed by atoms with Crippen LogP contribution in [0.3, 0.4) is 0 Å². The van der Waals surface area contributed by atoms with Gasteiger partial charge in [-0.25, -0.2) is 9.59 Å². The van der Waals surface area contributed by atoms with Crippen molar-refractivity contribution in [2.24, 2.45) is 0 Å². The molecule has 0 aromatic heterocycles. The van der Waals surface area contributed by atoms with Crippen LogP contribution in [0.1, 0.15) is 39.2 Å².